The first-order valence-corrected chi connectivity index (χ1v) is 6.54. The van der Waals surface area contributed by atoms with Gasteiger partial charge in [0.25, 0.3) is 5.91 Å². The Balaban J connectivity index is 1.96. The van der Waals surface area contributed by atoms with E-state index in [9.17, 15) is 9.59 Å². The van der Waals surface area contributed by atoms with E-state index in [2.05, 4.69) is 5.32 Å². The molecule has 1 heterocycles. The number of carbonyl (C=O) groups is 2. The van der Waals surface area contributed by atoms with Crippen LogP contribution in [0, 0.1) is 6.92 Å². The molecule has 0 saturated heterocycles. The summed E-state index contributed by atoms with van der Waals surface area (Å²) in [6, 6.07) is 7.33. The number of hydrogen-bond donors (Lipinski definition) is 1. The lowest BCUT2D eigenvalue weighted by atomic mass is 10.1. The molecule has 1 N–H and O–H groups in total. The van der Waals surface area contributed by atoms with Gasteiger partial charge in [-0.25, -0.2) is 4.79 Å². The molecule has 112 valence electrons. The molecule has 0 atom stereocenters. The molecule has 0 aliphatic rings. The molecule has 0 aliphatic heterocycles. The third kappa shape index (κ3) is 3.61. The molecule has 0 fully saturated rings. The molecule has 0 aliphatic carbocycles. The first-order chi connectivity index (χ1) is 10.1. The summed E-state index contributed by atoms with van der Waals surface area (Å²) in [5.74, 6) is -0.902. The van der Waals surface area contributed by atoms with Crippen LogP contribution in [-0.2, 0) is 14.3 Å². The maximum absolute atomic E-state index is 11.9. The number of nitrogens with one attached hydrogen (secondary N) is 1. The van der Waals surface area contributed by atoms with Crippen LogP contribution in [-0.4, -0.2) is 38.7 Å². The number of ether oxygens (including phenoxy) is 2. The van der Waals surface area contributed by atoms with Crippen LogP contribution in [0.15, 0.2) is 28.7 Å². The summed E-state index contributed by atoms with van der Waals surface area (Å²) >= 11 is 0. The lowest BCUT2D eigenvalue weighted by Crippen LogP contribution is -2.31. The second kappa shape index (κ2) is 6.90. The molecule has 0 radical (unpaired) electrons. The highest BCUT2D eigenvalue weighted by Gasteiger charge is 2.19. The molecule has 21 heavy (non-hydrogen) atoms. The number of hydrogen-bond acceptors (Lipinski definition) is 5. The maximum Gasteiger partial charge on any atom is 0.375 e. The van der Waals surface area contributed by atoms with Gasteiger partial charge in [0, 0.05) is 24.6 Å². The number of furan rings is 1. The number of esters is 1. The van der Waals surface area contributed by atoms with E-state index in [1.54, 1.807) is 13.0 Å². The Labute approximate surface area is 122 Å². The van der Waals surface area contributed by atoms with Crippen LogP contribution in [0.1, 0.15) is 16.1 Å². The minimum absolute atomic E-state index is 0.126. The van der Waals surface area contributed by atoms with Gasteiger partial charge < -0.3 is 19.2 Å². The fraction of sp³-hybridized carbons (Fsp3) is 0.333. The van der Waals surface area contributed by atoms with Gasteiger partial charge in [0.1, 0.15) is 5.58 Å². The van der Waals surface area contributed by atoms with E-state index in [1.807, 2.05) is 18.2 Å². The van der Waals surface area contributed by atoms with Gasteiger partial charge in [-0.15, -0.1) is 0 Å². The van der Waals surface area contributed by atoms with E-state index < -0.39 is 5.97 Å². The van der Waals surface area contributed by atoms with Crippen molar-refractivity contribution in [2.75, 3.05) is 26.9 Å². The minimum atomic E-state index is -0.648. The quantitative estimate of drug-likeness (QED) is 0.647. The molecule has 1 aromatic carbocycles. The molecular formula is C15H17NO5. The molecule has 1 aromatic heterocycles. The molecule has 6 nitrogen and oxygen atoms in total. The first-order valence-electron chi connectivity index (χ1n) is 6.54. The number of aryl methyl sites for hydroxylation is 1. The zero-order valence-electron chi connectivity index (χ0n) is 12.0. The molecule has 0 unspecified atom stereocenters. The van der Waals surface area contributed by atoms with Crippen LogP contribution in [0.3, 0.4) is 0 Å². The van der Waals surface area contributed by atoms with Gasteiger partial charge in [-0.3, -0.25) is 4.79 Å². The Morgan fingerprint density at radius 3 is 2.76 bits per heavy atom. The standard InChI is InChI=1S/C15H17NO5/c1-10-11-5-3-4-6-12(11)21-14(10)15(18)20-9-13(17)16-7-8-19-2/h3-6H,7-9H2,1-2H3,(H,16,17). The van der Waals surface area contributed by atoms with Crippen LogP contribution in [0.4, 0.5) is 0 Å². The van der Waals surface area contributed by atoms with Gasteiger partial charge in [0.05, 0.1) is 6.61 Å². The van der Waals surface area contributed by atoms with Crippen molar-refractivity contribution in [1.82, 2.24) is 5.32 Å². The van der Waals surface area contributed by atoms with Crippen molar-refractivity contribution in [3.05, 3.63) is 35.6 Å². The fourth-order valence-electron chi connectivity index (χ4n) is 1.91. The Bertz CT molecular complexity index is 647. The van der Waals surface area contributed by atoms with Crippen molar-refractivity contribution >= 4 is 22.8 Å². The van der Waals surface area contributed by atoms with E-state index in [1.165, 1.54) is 7.11 Å². The smallest absolute Gasteiger partial charge is 0.375 e. The summed E-state index contributed by atoms with van der Waals surface area (Å²) in [5, 5.41) is 3.42. The summed E-state index contributed by atoms with van der Waals surface area (Å²) in [6.45, 7) is 2.21. The predicted molar refractivity (Wildman–Crippen MR) is 76.1 cm³/mol. The molecule has 0 bridgehead atoms. The number of fused-ring (bicyclic) bond motifs is 1. The highest BCUT2D eigenvalue weighted by Crippen LogP contribution is 2.25. The van der Waals surface area contributed by atoms with E-state index in [0.29, 0.717) is 24.3 Å². The zero-order valence-corrected chi connectivity index (χ0v) is 12.0. The topological polar surface area (TPSA) is 77.8 Å². The number of benzene rings is 1. The monoisotopic (exact) mass is 291 g/mol. The number of para-hydroxylation sites is 1. The predicted octanol–water partition coefficient (Wildman–Crippen LogP) is 1.66. The van der Waals surface area contributed by atoms with Gasteiger partial charge in [-0.05, 0) is 13.0 Å². The lowest BCUT2D eigenvalue weighted by Gasteiger charge is -2.05. The summed E-state index contributed by atoms with van der Waals surface area (Å²) in [4.78, 5) is 23.4. The Morgan fingerprint density at radius 1 is 1.29 bits per heavy atom. The number of methoxy groups -OCH3 is 1. The second-order valence-electron chi connectivity index (χ2n) is 4.47. The van der Waals surface area contributed by atoms with Crippen molar-refractivity contribution in [2.24, 2.45) is 0 Å². The van der Waals surface area contributed by atoms with Gasteiger partial charge in [-0.1, -0.05) is 18.2 Å². The third-order valence-electron chi connectivity index (χ3n) is 2.99. The van der Waals surface area contributed by atoms with Gasteiger partial charge in [-0.2, -0.15) is 0 Å². The van der Waals surface area contributed by atoms with E-state index in [4.69, 9.17) is 13.9 Å². The molecule has 0 saturated carbocycles. The number of amides is 1. The van der Waals surface area contributed by atoms with E-state index in [0.717, 1.165) is 5.39 Å². The maximum atomic E-state index is 11.9. The summed E-state index contributed by atoms with van der Waals surface area (Å²) in [6.07, 6.45) is 0. The average molecular weight is 291 g/mol. The highest BCUT2D eigenvalue weighted by molar-refractivity contribution is 5.96. The normalized spacial score (nSPS) is 10.6. The number of rotatable bonds is 6. The van der Waals surface area contributed by atoms with Crippen LogP contribution >= 0.6 is 0 Å². The molecule has 2 aromatic rings. The van der Waals surface area contributed by atoms with Gasteiger partial charge in [0.2, 0.25) is 5.76 Å². The first kappa shape index (κ1) is 15.1. The fourth-order valence-corrected chi connectivity index (χ4v) is 1.91. The van der Waals surface area contributed by atoms with Gasteiger partial charge >= 0.3 is 5.97 Å². The Kier molecular flexibility index (Phi) is 4.94. The van der Waals surface area contributed by atoms with E-state index >= 15 is 0 Å². The largest absolute Gasteiger partial charge is 0.450 e. The SMILES string of the molecule is COCCNC(=O)COC(=O)c1oc2ccccc2c1C. The number of carbonyl (C=O) groups excluding carboxylic acids is 2. The van der Waals surface area contributed by atoms with E-state index in [-0.39, 0.29) is 18.3 Å². The van der Waals surface area contributed by atoms with Crippen LogP contribution in [0.5, 0.6) is 0 Å². The summed E-state index contributed by atoms with van der Waals surface area (Å²) in [7, 11) is 1.54. The van der Waals surface area contributed by atoms with Gasteiger partial charge in [0.15, 0.2) is 6.61 Å². The molecule has 6 heteroatoms. The van der Waals surface area contributed by atoms with Crippen LogP contribution in [0.25, 0.3) is 11.0 Å². The van der Waals surface area contributed by atoms with Crippen molar-refractivity contribution in [1.29, 1.82) is 0 Å². The Hall–Kier alpha value is -2.34. The molecule has 1 amide bonds. The average Bonchev–Trinajstić information content (AvgIpc) is 2.83. The van der Waals surface area contributed by atoms with Crippen molar-refractivity contribution < 1.29 is 23.5 Å². The molecular weight excluding hydrogens is 274 g/mol. The lowest BCUT2D eigenvalue weighted by molar-refractivity contribution is -0.124. The summed E-state index contributed by atoms with van der Waals surface area (Å²) < 4.78 is 15.2. The second-order valence-corrected chi connectivity index (χ2v) is 4.47. The van der Waals surface area contributed by atoms with Crippen molar-refractivity contribution in [3.8, 4) is 0 Å². The van der Waals surface area contributed by atoms with Crippen molar-refractivity contribution in [3.63, 3.8) is 0 Å². The third-order valence-corrected chi connectivity index (χ3v) is 2.99. The highest BCUT2D eigenvalue weighted by atomic mass is 16.5. The molecule has 0 spiro atoms. The Morgan fingerprint density at radius 2 is 2.05 bits per heavy atom. The minimum Gasteiger partial charge on any atom is -0.450 e. The van der Waals surface area contributed by atoms with Crippen molar-refractivity contribution in [2.45, 2.75) is 6.92 Å². The van der Waals surface area contributed by atoms with Crippen LogP contribution < -0.4 is 5.32 Å². The molecule has 2 rings (SSSR count). The zero-order chi connectivity index (χ0) is 15.2. The summed E-state index contributed by atoms with van der Waals surface area (Å²) in [5.41, 5.74) is 1.32. The van der Waals surface area contributed by atoms with Crippen LogP contribution in [0.2, 0.25) is 0 Å².